The zero-order valence-electron chi connectivity index (χ0n) is 15.1. The molecule has 4 rings (SSSR count). The van der Waals surface area contributed by atoms with E-state index in [9.17, 15) is 9.59 Å². The summed E-state index contributed by atoms with van der Waals surface area (Å²) in [7, 11) is 1.33. The fourth-order valence-corrected chi connectivity index (χ4v) is 5.21. The molecule has 8 nitrogen and oxygen atoms in total. The first kappa shape index (κ1) is 18.2. The topological polar surface area (TPSA) is 103 Å². The van der Waals surface area contributed by atoms with E-state index in [1.54, 1.807) is 6.92 Å². The summed E-state index contributed by atoms with van der Waals surface area (Å²) in [5, 5.41) is 9.88. The number of carbonyl (C=O) groups excluding carboxylic acids is 1. The van der Waals surface area contributed by atoms with Crippen molar-refractivity contribution in [1.29, 1.82) is 0 Å². The first-order chi connectivity index (χ1) is 13.1. The molecular formula is C17H19N5O3S2. The Labute approximate surface area is 163 Å². The number of carbonyl (C=O) groups is 1. The van der Waals surface area contributed by atoms with E-state index in [1.165, 1.54) is 36.6 Å². The Kier molecular flexibility index (Phi) is 5.00. The molecule has 1 aliphatic rings. The fraction of sp³-hybridized carbons (Fsp3) is 0.471. The number of H-pyrrole nitrogens is 1. The van der Waals surface area contributed by atoms with Gasteiger partial charge in [0.15, 0.2) is 5.16 Å². The predicted octanol–water partition coefficient (Wildman–Crippen LogP) is 2.69. The Morgan fingerprint density at radius 1 is 1.33 bits per heavy atom. The number of aryl methyl sites for hydroxylation is 2. The van der Waals surface area contributed by atoms with Crippen molar-refractivity contribution in [3.63, 3.8) is 0 Å². The van der Waals surface area contributed by atoms with Gasteiger partial charge >= 0.3 is 5.97 Å². The van der Waals surface area contributed by atoms with Crippen LogP contribution < -0.4 is 5.56 Å². The van der Waals surface area contributed by atoms with Crippen molar-refractivity contribution in [2.24, 2.45) is 0 Å². The highest BCUT2D eigenvalue weighted by molar-refractivity contribution is 7.98. The van der Waals surface area contributed by atoms with Crippen LogP contribution in [0.3, 0.4) is 0 Å². The summed E-state index contributed by atoms with van der Waals surface area (Å²) in [6.07, 6.45) is 4.44. The van der Waals surface area contributed by atoms with Crippen LogP contribution in [0.25, 0.3) is 10.2 Å². The highest BCUT2D eigenvalue weighted by Crippen LogP contribution is 2.29. The standard InChI is InChI=1S/C17H19N5O3S2/c1-9-12-14(23)18-10(19-15(12)27-13(9)16(24)25-2)8-26-17-21-20-11-6-4-3-5-7-22(11)17/h3-8H2,1-2H3,(H,18,19,23). The van der Waals surface area contributed by atoms with Gasteiger partial charge in [-0.1, -0.05) is 18.2 Å². The molecular weight excluding hydrogens is 386 g/mol. The van der Waals surface area contributed by atoms with Crippen molar-refractivity contribution in [2.75, 3.05) is 7.11 Å². The van der Waals surface area contributed by atoms with Gasteiger partial charge in [0.2, 0.25) is 0 Å². The molecule has 27 heavy (non-hydrogen) atoms. The van der Waals surface area contributed by atoms with E-state index in [1.807, 2.05) is 0 Å². The normalized spacial score (nSPS) is 14.1. The highest BCUT2D eigenvalue weighted by Gasteiger charge is 2.20. The molecule has 0 spiro atoms. The van der Waals surface area contributed by atoms with Crippen molar-refractivity contribution < 1.29 is 9.53 Å². The number of fused-ring (bicyclic) bond motifs is 2. The third-order valence-electron chi connectivity index (χ3n) is 4.63. The molecule has 0 saturated heterocycles. The van der Waals surface area contributed by atoms with Crippen LogP contribution in [0.15, 0.2) is 9.95 Å². The molecule has 0 aliphatic carbocycles. The summed E-state index contributed by atoms with van der Waals surface area (Å²) in [5.41, 5.74) is 0.372. The second-order valence-electron chi connectivity index (χ2n) is 6.39. The van der Waals surface area contributed by atoms with E-state index >= 15 is 0 Å². The van der Waals surface area contributed by atoms with Crippen LogP contribution in [-0.4, -0.2) is 37.8 Å². The number of aromatic amines is 1. The maximum Gasteiger partial charge on any atom is 0.348 e. The Balaban J connectivity index is 1.61. The number of hydrogen-bond acceptors (Lipinski definition) is 8. The zero-order chi connectivity index (χ0) is 19.0. The van der Waals surface area contributed by atoms with Gasteiger partial charge in [-0.05, 0) is 25.3 Å². The van der Waals surface area contributed by atoms with Crippen molar-refractivity contribution in [3.05, 3.63) is 32.4 Å². The second kappa shape index (κ2) is 7.43. The van der Waals surface area contributed by atoms with Crippen molar-refractivity contribution in [2.45, 2.75) is 50.1 Å². The van der Waals surface area contributed by atoms with Crippen molar-refractivity contribution in [1.82, 2.24) is 24.7 Å². The van der Waals surface area contributed by atoms with E-state index in [0.29, 0.717) is 32.2 Å². The van der Waals surface area contributed by atoms with Crippen LogP contribution in [0.2, 0.25) is 0 Å². The van der Waals surface area contributed by atoms with E-state index in [2.05, 4.69) is 24.7 Å². The molecule has 0 amide bonds. The molecule has 1 N–H and O–H groups in total. The van der Waals surface area contributed by atoms with Crippen LogP contribution in [0.1, 0.15) is 46.1 Å². The highest BCUT2D eigenvalue weighted by atomic mass is 32.2. The molecule has 4 heterocycles. The van der Waals surface area contributed by atoms with Gasteiger partial charge in [-0.2, -0.15) is 0 Å². The number of aromatic nitrogens is 5. The minimum absolute atomic E-state index is 0.237. The largest absolute Gasteiger partial charge is 0.465 e. The van der Waals surface area contributed by atoms with Crippen LogP contribution >= 0.6 is 23.1 Å². The molecule has 142 valence electrons. The smallest absolute Gasteiger partial charge is 0.348 e. The van der Waals surface area contributed by atoms with E-state index in [4.69, 9.17) is 4.74 Å². The number of methoxy groups -OCH3 is 1. The Hall–Kier alpha value is -2.20. The molecule has 0 fully saturated rings. The summed E-state index contributed by atoms with van der Waals surface area (Å²) in [6, 6.07) is 0. The Bertz CT molecular complexity index is 1070. The van der Waals surface area contributed by atoms with Crippen molar-refractivity contribution >= 4 is 39.3 Å². The summed E-state index contributed by atoms with van der Waals surface area (Å²) < 4.78 is 6.95. The van der Waals surface area contributed by atoms with Gasteiger partial charge in [0.05, 0.1) is 18.2 Å². The summed E-state index contributed by atoms with van der Waals surface area (Å²) in [6.45, 7) is 2.67. The molecule has 3 aromatic rings. The van der Waals surface area contributed by atoms with E-state index in [0.717, 1.165) is 36.8 Å². The van der Waals surface area contributed by atoms with Gasteiger partial charge in [0.1, 0.15) is 21.4 Å². The zero-order valence-corrected chi connectivity index (χ0v) is 16.7. The average molecular weight is 406 g/mol. The van der Waals surface area contributed by atoms with Gasteiger partial charge in [-0.15, -0.1) is 21.5 Å². The van der Waals surface area contributed by atoms with E-state index in [-0.39, 0.29) is 5.56 Å². The number of rotatable bonds is 4. The molecule has 0 atom stereocenters. The van der Waals surface area contributed by atoms with Crippen LogP contribution in [0.4, 0.5) is 0 Å². The summed E-state index contributed by atoms with van der Waals surface area (Å²) >= 11 is 2.70. The van der Waals surface area contributed by atoms with Crippen molar-refractivity contribution in [3.8, 4) is 0 Å². The SMILES string of the molecule is COC(=O)c1sc2nc(CSc3nnc4n3CCCCC4)[nH]c(=O)c2c1C. The lowest BCUT2D eigenvalue weighted by Crippen LogP contribution is -2.11. The number of thiophene rings is 1. The maximum absolute atomic E-state index is 12.5. The Morgan fingerprint density at radius 3 is 3.00 bits per heavy atom. The van der Waals surface area contributed by atoms with Crippen LogP contribution in [0, 0.1) is 6.92 Å². The van der Waals surface area contributed by atoms with Gasteiger partial charge in [-0.3, -0.25) is 4.79 Å². The number of ether oxygens (including phenoxy) is 1. The lowest BCUT2D eigenvalue weighted by molar-refractivity contribution is 0.0605. The number of hydrogen-bond donors (Lipinski definition) is 1. The number of thioether (sulfide) groups is 1. The summed E-state index contributed by atoms with van der Waals surface area (Å²) in [5.74, 6) is 1.62. The maximum atomic E-state index is 12.5. The fourth-order valence-electron chi connectivity index (χ4n) is 3.24. The number of nitrogens with zero attached hydrogens (tertiary/aromatic N) is 4. The minimum atomic E-state index is -0.447. The predicted molar refractivity (Wildman–Crippen MR) is 103 cm³/mol. The monoisotopic (exact) mass is 405 g/mol. The summed E-state index contributed by atoms with van der Waals surface area (Å²) in [4.78, 5) is 32.7. The molecule has 0 unspecified atom stereocenters. The Morgan fingerprint density at radius 2 is 2.19 bits per heavy atom. The van der Waals surface area contributed by atoms with E-state index < -0.39 is 5.97 Å². The third kappa shape index (κ3) is 3.39. The van der Waals surface area contributed by atoms with Gasteiger partial charge < -0.3 is 14.3 Å². The average Bonchev–Trinajstić information content (AvgIpc) is 3.11. The molecule has 0 saturated carbocycles. The van der Waals surface area contributed by atoms with Crippen LogP contribution in [-0.2, 0) is 23.5 Å². The number of nitrogens with one attached hydrogen (secondary N) is 1. The van der Waals surface area contributed by atoms with Gasteiger partial charge in [0.25, 0.3) is 5.56 Å². The number of esters is 1. The molecule has 1 aliphatic heterocycles. The minimum Gasteiger partial charge on any atom is -0.465 e. The molecule has 3 aromatic heterocycles. The molecule has 0 bridgehead atoms. The van der Waals surface area contributed by atoms with Gasteiger partial charge in [-0.25, -0.2) is 9.78 Å². The van der Waals surface area contributed by atoms with Crippen LogP contribution in [0.5, 0.6) is 0 Å². The van der Waals surface area contributed by atoms with Gasteiger partial charge in [0, 0.05) is 13.0 Å². The molecule has 0 aromatic carbocycles. The molecule has 0 radical (unpaired) electrons. The first-order valence-electron chi connectivity index (χ1n) is 8.74. The quantitative estimate of drug-likeness (QED) is 0.526. The molecule has 10 heteroatoms. The lowest BCUT2D eigenvalue weighted by Gasteiger charge is -2.06. The lowest BCUT2D eigenvalue weighted by atomic mass is 10.2. The first-order valence-corrected chi connectivity index (χ1v) is 10.5. The second-order valence-corrected chi connectivity index (χ2v) is 8.33. The third-order valence-corrected chi connectivity index (χ3v) is 6.78.